The molecule has 0 saturated carbocycles. The summed E-state index contributed by atoms with van der Waals surface area (Å²) in [6.07, 6.45) is 3.88. The average molecular weight is 219 g/mol. The van der Waals surface area contributed by atoms with Crippen molar-refractivity contribution in [3.8, 4) is 0 Å². The summed E-state index contributed by atoms with van der Waals surface area (Å²) >= 11 is 0. The van der Waals surface area contributed by atoms with E-state index in [0.29, 0.717) is 0 Å². The summed E-state index contributed by atoms with van der Waals surface area (Å²) in [6, 6.07) is 0. The largest absolute Gasteiger partial charge is 0.306 e. The number of piperidine rings is 1. The van der Waals surface area contributed by atoms with E-state index < -0.39 is 0 Å². The van der Waals surface area contributed by atoms with Crippen molar-refractivity contribution in [1.29, 1.82) is 0 Å². The molecule has 1 fully saturated rings. The second kappa shape index (κ2) is 3.59. The van der Waals surface area contributed by atoms with E-state index in [0.717, 1.165) is 11.8 Å². The monoisotopic (exact) mass is 219 g/mol. The molecule has 0 amide bonds. The van der Waals surface area contributed by atoms with E-state index in [1.165, 1.54) is 43.7 Å². The smallest absolute Gasteiger partial charge is 0.0628 e. The van der Waals surface area contributed by atoms with Crippen molar-refractivity contribution >= 4 is 0 Å². The van der Waals surface area contributed by atoms with Crippen molar-refractivity contribution in [3.05, 3.63) is 17.0 Å². The Bertz CT molecular complexity index is 408. The summed E-state index contributed by atoms with van der Waals surface area (Å²) in [5.74, 6) is 1.77. The highest BCUT2D eigenvalue weighted by molar-refractivity contribution is 5.29. The fourth-order valence-corrected chi connectivity index (χ4v) is 3.54. The summed E-state index contributed by atoms with van der Waals surface area (Å²) in [6.45, 7) is 4.71. The van der Waals surface area contributed by atoms with Gasteiger partial charge in [-0.1, -0.05) is 0 Å². The van der Waals surface area contributed by atoms with Crippen LogP contribution in [0.1, 0.15) is 23.4 Å². The fourth-order valence-electron chi connectivity index (χ4n) is 3.54. The van der Waals surface area contributed by atoms with Gasteiger partial charge in [-0.15, -0.1) is 0 Å². The van der Waals surface area contributed by atoms with Crippen LogP contribution in [-0.4, -0.2) is 34.8 Å². The molecular weight excluding hydrogens is 198 g/mol. The summed E-state index contributed by atoms with van der Waals surface area (Å²) in [4.78, 5) is 2.48. The molecule has 0 aromatic carbocycles. The van der Waals surface area contributed by atoms with Gasteiger partial charge in [0.25, 0.3) is 0 Å². The highest BCUT2D eigenvalue weighted by Crippen LogP contribution is 2.36. The van der Waals surface area contributed by atoms with Gasteiger partial charge in [0.15, 0.2) is 0 Å². The quantitative estimate of drug-likeness (QED) is 0.657. The number of rotatable bonds is 0. The predicted octanol–water partition coefficient (Wildman–Crippen LogP) is 1.40. The van der Waals surface area contributed by atoms with E-state index in [1.54, 1.807) is 5.56 Å². The normalized spacial score (nSPS) is 29.9. The first-order valence-electron chi connectivity index (χ1n) is 6.35. The van der Waals surface area contributed by atoms with E-state index in [9.17, 15) is 0 Å². The average Bonchev–Trinajstić information content (AvgIpc) is 2.52. The molecule has 3 heteroatoms. The van der Waals surface area contributed by atoms with Gasteiger partial charge in [0, 0.05) is 19.3 Å². The lowest BCUT2D eigenvalue weighted by molar-refractivity contribution is 0.132. The van der Waals surface area contributed by atoms with Crippen LogP contribution in [0.3, 0.4) is 0 Å². The van der Waals surface area contributed by atoms with Crippen molar-refractivity contribution in [1.82, 2.24) is 14.7 Å². The van der Waals surface area contributed by atoms with Gasteiger partial charge in [0.05, 0.1) is 5.69 Å². The number of hydrogen-bond donors (Lipinski definition) is 0. The van der Waals surface area contributed by atoms with Crippen molar-refractivity contribution in [2.24, 2.45) is 18.9 Å². The molecule has 0 bridgehead atoms. The summed E-state index contributed by atoms with van der Waals surface area (Å²) < 4.78 is 2.11. The lowest BCUT2D eigenvalue weighted by Crippen LogP contribution is -2.42. The van der Waals surface area contributed by atoms with Crippen molar-refractivity contribution < 1.29 is 0 Å². The number of likely N-dealkylation sites (tertiary alicyclic amines) is 1. The molecule has 1 aliphatic carbocycles. The highest BCUT2D eigenvalue weighted by Gasteiger charge is 2.34. The molecule has 1 aromatic rings. The first-order valence-corrected chi connectivity index (χ1v) is 6.35. The van der Waals surface area contributed by atoms with E-state index in [-0.39, 0.29) is 0 Å². The van der Waals surface area contributed by atoms with Crippen LogP contribution in [0.25, 0.3) is 0 Å². The molecule has 0 unspecified atom stereocenters. The van der Waals surface area contributed by atoms with Crippen LogP contribution in [0.4, 0.5) is 0 Å². The van der Waals surface area contributed by atoms with E-state index in [2.05, 4.69) is 35.7 Å². The van der Waals surface area contributed by atoms with Gasteiger partial charge in [-0.05, 0) is 57.2 Å². The van der Waals surface area contributed by atoms with E-state index in [1.807, 2.05) is 0 Å². The highest BCUT2D eigenvalue weighted by atomic mass is 15.3. The Balaban J connectivity index is 1.92. The minimum Gasteiger partial charge on any atom is -0.306 e. The maximum absolute atomic E-state index is 4.57. The topological polar surface area (TPSA) is 21.1 Å². The zero-order valence-corrected chi connectivity index (χ0v) is 10.5. The van der Waals surface area contributed by atoms with Gasteiger partial charge in [-0.25, -0.2) is 0 Å². The van der Waals surface area contributed by atoms with E-state index in [4.69, 9.17) is 0 Å². The molecule has 1 aliphatic heterocycles. The van der Waals surface area contributed by atoms with Crippen LogP contribution in [0, 0.1) is 18.8 Å². The number of aryl methyl sites for hydroxylation is 2. The molecule has 3 rings (SSSR count). The molecular formula is C13H21N3. The van der Waals surface area contributed by atoms with Gasteiger partial charge in [0.2, 0.25) is 0 Å². The van der Waals surface area contributed by atoms with Gasteiger partial charge in [0.1, 0.15) is 0 Å². The Morgan fingerprint density at radius 2 is 2.00 bits per heavy atom. The molecule has 0 radical (unpaired) electrons. The number of aromatic nitrogens is 2. The van der Waals surface area contributed by atoms with Crippen LogP contribution in [0.5, 0.6) is 0 Å². The first-order chi connectivity index (χ1) is 7.65. The van der Waals surface area contributed by atoms with Crippen LogP contribution in [-0.2, 0) is 19.9 Å². The molecule has 2 atom stereocenters. The second-order valence-corrected chi connectivity index (χ2v) is 5.61. The Hall–Kier alpha value is -0.830. The molecule has 2 aliphatic rings. The van der Waals surface area contributed by atoms with Crippen LogP contribution >= 0.6 is 0 Å². The zero-order valence-electron chi connectivity index (χ0n) is 10.5. The molecule has 1 saturated heterocycles. The molecule has 88 valence electrons. The molecule has 3 nitrogen and oxygen atoms in total. The lowest BCUT2D eigenvalue weighted by atomic mass is 9.74. The van der Waals surface area contributed by atoms with Gasteiger partial charge in [-0.3, -0.25) is 4.68 Å². The SMILES string of the molecule is Cc1nn(C)c2c1C[C@H]1CN(C)CC[C@@H]1C2. The van der Waals surface area contributed by atoms with Crippen LogP contribution < -0.4 is 0 Å². The van der Waals surface area contributed by atoms with E-state index >= 15 is 0 Å². The molecule has 16 heavy (non-hydrogen) atoms. The zero-order chi connectivity index (χ0) is 11.3. The second-order valence-electron chi connectivity index (χ2n) is 5.61. The van der Waals surface area contributed by atoms with Crippen molar-refractivity contribution in [2.75, 3.05) is 20.1 Å². The van der Waals surface area contributed by atoms with Crippen LogP contribution in [0.2, 0.25) is 0 Å². The summed E-state index contributed by atoms with van der Waals surface area (Å²) in [7, 11) is 4.35. The third-order valence-electron chi connectivity index (χ3n) is 4.49. The van der Waals surface area contributed by atoms with Gasteiger partial charge >= 0.3 is 0 Å². The number of hydrogen-bond acceptors (Lipinski definition) is 2. The standard InChI is InChI=1S/C13H21N3/c1-9-12-6-11-8-15(2)5-4-10(11)7-13(12)16(3)14-9/h10-11H,4-8H2,1-3H3/t10-,11+/m1/s1. The first kappa shape index (κ1) is 10.3. The summed E-state index contributed by atoms with van der Waals surface area (Å²) in [5.41, 5.74) is 4.30. The minimum absolute atomic E-state index is 0.870. The number of fused-ring (bicyclic) bond motifs is 2. The Labute approximate surface area is 97.4 Å². The predicted molar refractivity (Wildman–Crippen MR) is 64.4 cm³/mol. The minimum atomic E-state index is 0.870. The maximum atomic E-state index is 4.57. The van der Waals surface area contributed by atoms with Crippen molar-refractivity contribution in [3.63, 3.8) is 0 Å². The fraction of sp³-hybridized carbons (Fsp3) is 0.769. The lowest BCUT2D eigenvalue weighted by Gasteiger charge is -2.39. The molecule has 2 heterocycles. The van der Waals surface area contributed by atoms with Gasteiger partial charge < -0.3 is 4.90 Å². The molecule has 0 spiro atoms. The third-order valence-corrected chi connectivity index (χ3v) is 4.49. The molecule has 0 N–H and O–H groups in total. The Kier molecular flexibility index (Phi) is 2.32. The third kappa shape index (κ3) is 1.49. The molecule has 1 aromatic heterocycles. The number of nitrogens with zero attached hydrogens (tertiary/aromatic N) is 3. The van der Waals surface area contributed by atoms with Gasteiger partial charge in [-0.2, -0.15) is 5.10 Å². The Morgan fingerprint density at radius 1 is 1.19 bits per heavy atom. The summed E-state index contributed by atoms with van der Waals surface area (Å²) in [5, 5.41) is 4.57. The van der Waals surface area contributed by atoms with Crippen LogP contribution in [0.15, 0.2) is 0 Å². The van der Waals surface area contributed by atoms with Crippen molar-refractivity contribution in [2.45, 2.75) is 26.2 Å². The Morgan fingerprint density at radius 3 is 2.81 bits per heavy atom. The maximum Gasteiger partial charge on any atom is 0.0628 e.